The Bertz CT molecular complexity index is 565. The van der Waals surface area contributed by atoms with Crippen molar-refractivity contribution < 1.29 is 9.59 Å². The maximum atomic E-state index is 12.5. The number of allylic oxidation sites excluding steroid dienone is 1. The molecule has 1 aromatic carbocycles. The number of hydrogen-bond acceptors (Lipinski definition) is 2. The van der Waals surface area contributed by atoms with Crippen LogP contribution in [0, 0.1) is 0 Å². The fourth-order valence-electron chi connectivity index (χ4n) is 2.50. The van der Waals surface area contributed by atoms with Crippen LogP contribution in [0.2, 0.25) is 0 Å². The molecule has 0 spiro atoms. The van der Waals surface area contributed by atoms with Gasteiger partial charge in [0.1, 0.15) is 5.70 Å². The van der Waals surface area contributed by atoms with E-state index in [9.17, 15) is 9.59 Å². The molecule has 4 heteroatoms. The molecule has 0 aromatic heterocycles. The number of hydrogen-bond donors (Lipinski definition) is 2. The SMILES string of the molecule is CCCCCCCCNC(=O)/C(NC(=O)c1ccccc1)=C(\C)CC. The average molecular weight is 344 g/mol. The highest BCUT2D eigenvalue weighted by molar-refractivity contribution is 6.03. The van der Waals surface area contributed by atoms with Crippen LogP contribution in [0.1, 0.15) is 76.1 Å². The van der Waals surface area contributed by atoms with Gasteiger partial charge in [0.25, 0.3) is 11.8 Å². The zero-order chi connectivity index (χ0) is 18.5. The van der Waals surface area contributed by atoms with Crippen LogP contribution in [0.5, 0.6) is 0 Å². The van der Waals surface area contributed by atoms with Crippen LogP contribution >= 0.6 is 0 Å². The van der Waals surface area contributed by atoms with Crippen LogP contribution in [-0.4, -0.2) is 18.4 Å². The highest BCUT2D eigenvalue weighted by Gasteiger charge is 2.16. The number of unbranched alkanes of at least 4 members (excludes halogenated alkanes) is 5. The van der Waals surface area contributed by atoms with Crippen molar-refractivity contribution in [3.05, 3.63) is 47.2 Å². The molecule has 1 rings (SSSR count). The van der Waals surface area contributed by atoms with Gasteiger partial charge in [0.05, 0.1) is 0 Å². The van der Waals surface area contributed by atoms with Gasteiger partial charge in [-0.1, -0.05) is 64.2 Å². The molecule has 0 saturated carbocycles. The maximum Gasteiger partial charge on any atom is 0.267 e. The lowest BCUT2D eigenvalue weighted by molar-refractivity contribution is -0.117. The Balaban J connectivity index is 2.53. The van der Waals surface area contributed by atoms with Crippen molar-refractivity contribution >= 4 is 11.8 Å². The summed E-state index contributed by atoms with van der Waals surface area (Å²) >= 11 is 0. The van der Waals surface area contributed by atoms with Crippen molar-refractivity contribution in [1.29, 1.82) is 0 Å². The lowest BCUT2D eigenvalue weighted by Crippen LogP contribution is -2.36. The van der Waals surface area contributed by atoms with Crippen molar-refractivity contribution in [1.82, 2.24) is 10.6 Å². The van der Waals surface area contributed by atoms with Crippen molar-refractivity contribution in [3.8, 4) is 0 Å². The Morgan fingerprint density at radius 3 is 2.20 bits per heavy atom. The highest BCUT2D eigenvalue weighted by Crippen LogP contribution is 2.08. The third kappa shape index (κ3) is 8.01. The second-order valence-corrected chi connectivity index (χ2v) is 6.35. The molecular formula is C21H32N2O2. The van der Waals surface area contributed by atoms with E-state index < -0.39 is 0 Å². The first kappa shape index (κ1) is 20.9. The van der Waals surface area contributed by atoms with E-state index >= 15 is 0 Å². The summed E-state index contributed by atoms with van der Waals surface area (Å²) in [6, 6.07) is 8.95. The summed E-state index contributed by atoms with van der Waals surface area (Å²) < 4.78 is 0. The molecular weight excluding hydrogens is 312 g/mol. The molecule has 1 aromatic rings. The molecule has 0 aliphatic heterocycles. The van der Waals surface area contributed by atoms with Crippen LogP contribution in [-0.2, 0) is 4.79 Å². The van der Waals surface area contributed by atoms with Crippen molar-refractivity contribution in [2.75, 3.05) is 6.54 Å². The highest BCUT2D eigenvalue weighted by atomic mass is 16.2. The van der Waals surface area contributed by atoms with Gasteiger partial charge < -0.3 is 10.6 Å². The van der Waals surface area contributed by atoms with Gasteiger partial charge in [0.2, 0.25) is 0 Å². The molecule has 0 saturated heterocycles. The van der Waals surface area contributed by atoms with Crippen LogP contribution in [0.3, 0.4) is 0 Å². The van der Waals surface area contributed by atoms with Gasteiger partial charge in [0, 0.05) is 12.1 Å². The summed E-state index contributed by atoms with van der Waals surface area (Å²) in [6.45, 7) is 6.70. The number of benzene rings is 1. The van der Waals surface area contributed by atoms with Crippen molar-refractivity contribution in [2.45, 2.75) is 65.7 Å². The third-order valence-electron chi connectivity index (χ3n) is 4.27. The normalized spacial score (nSPS) is 11.6. The molecule has 138 valence electrons. The quantitative estimate of drug-likeness (QED) is 0.456. The summed E-state index contributed by atoms with van der Waals surface area (Å²) in [7, 11) is 0. The van der Waals surface area contributed by atoms with Crippen molar-refractivity contribution in [2.24, 2.45) is 0 Å². The van der Waals surface area contributed by atoms with Gasteiger partial charge in [-0.25, -0.2) is 0 Å². The van der Waals surface area contributed by atoms with E-state index in [1.807, 2.05) is 32.0 Å². The first-order valence-electron chi connectivity index (χ1n) is 9.44. The summed E-state index contributed by atoms with van der Waals surface area (Å²) in [5.74, 6) is -0.449. The zero-order valence-electron chi connectivity index (χ0n) is 15.9. The summed E-state index contributed by atoms with van der Waals surface area (Å²) in [5.41, 5.74) is 1.81. The molecule has 0 atom stereocenters. The van der Waals surface area contributed by atoms with Gasteiger partial charge in [-0.3, -0.25) is 9.59 Å². The van der Waals surface area contributed by atoms with E-state index in [0.29, 0.717) is 17.8 Å². The van der Waals surface area contributed by atoms with Gasteiger partial charge in [-0.15, -0.1) is 0 Å². The minimum Gasteiger partial charge on any atom is -0.351 e. The number of nitrogens with one attached hydrogen (secondary N) is 2. The number of rotatable bonds is 11. The summed E-state index contributed by atoms with van der Waals surface area (Å²) in [4.78, 5) is 24.8. The Hall–Kier alpha value is -2.10. The largest absolute Gasteiger partial charge is 0.351 e. The fraction of sp³-hybridized carbons (Fsp3) is 0.524. The Morgan fingerprint density at radius 1 is 0.920 bits per heavy atom. The van der Waals surface area contributed by atoms with E-state index in [1.54, 1.807) is 12.1 Å². The van der Waals surface area contributed by atoms with Crippen LogP contribution in [0.4, 0.5) is 0 Å². The van der Waals surface area contributed by atoms with E-state index in [0.717, 1.165) is 24.8 Å². The summed E-state index contributed by atoms with van der Waals surface area (Å²) in [5, 5.41) is 5.72. The third-order valence-corrected chi connectivity index (χ3v) is 4.27. The van der Waals surface area contributed by atoms with E-state index in [4.69, 9.17) is 0 Å². The molecule has 4 nitrogen and oxygen atoms in total. The predicted molar refractivity (Wildman–Crippen MR) is 103 cm³/mol. The minimum atomic E-state index is -0.252. The molecule has 0 bridgehead atoms. The minimum absolute atomic E-state index is 0.197. The zero-order valence-corrected chi connectivity index (χ0v) is 15.9. The molecule has 0 radical (unpaired) electrons. The molecule has 0 aliphatic carbocycles. The van der Waals surface area contributed by atoms with E-state index in [1.165, 1.54) is 25.7 Å². The standard InChI is InChI=1S/C21H32N2O2/c1-4-6-7-8-9-13-16-22-21(25)19(17(3)5-2)23-20(24)18-14-11-10-12-15-18/h10-12,14-15H,4-9,13,16H2,1-3H3,(H,22,25)(H,23,24)/b19-17-. The smallest absolute Gasteiger partial charge is 0.267 e. The monoisotopic (exact) mass is 344 g/mol. The van der Waals surface area contributed by atoms with E-state index in [-0.39, 0.29) is 11.8 Å². The Morgan fingerprint density at radius 2 is 1.56 bits per heavy atom. The number of amides is 2. The lowest BCUT2D eigenvalue weighted by Gasteiger charge is -2.13. The molecule has 0 fully saturated rings. The second-order valence-electron chi connectivity index (χ2n) is 6.35. The molecule has 25 heavy (non-hydrogen) atoms. The predicted octanol–water partition coefficient (Wildman–Crippen LogP) is 4.58. The van der Waals surface area contributed by atoms with Gasteiger partial charge in [-0.2, -0.15) is 0 Å². The molecule has 2 N–H and O–H groups in total. The van der Waals surface area contributed by atoms with E-state index in [2.05, 4.69) is 17.6 Å². The van der Waals surface area contributed by atoms with Gasteiger partial charge in [0.15, 0.2) is 0 Å². The molecule has 0 aliphatic rings. The molecule has 2 amide bonds. The van der Waals surface area contributed by atoms with Crippen LogP contribution < -0.4 is 10.6 Å². The first-order chi connectivity index (χ1) is 12.1. The number of carbonyl (C=O) groups is 2. The molecule has 0 heterocycles. The van der Waals surface area contributed by atoms with Crippen LogP contribution in [0.25, 0.3) is 0 Å². The summed E-state index contributed by atoms with van der Waals surface area (Å²) in [6.07, 6.45) is 7.81. The molecule has 0 unspecified atom stereocenters. The average Bonchev–Trinajstić information content (AvgIpc) is 2.65. The number of carbonyl (C=O) groups excluding carboxylic acids is 2. The maximum absolute atomic E-state index is 12.5. The topological polar surface area (TPSA) is 58.2 Å². The lowest BCUT2D eigenvalue weighted by atomic mass is 10.1. The van der Waals surface area contributed by atoms with Crippen LogP contribution in [0.15, 0.2) is 41.6 Å². The second kappa shape index (κ2) is 12.3. The Kier molecular flexibility index (Phi) is 10.3. The first-order valence-corrected chi connectivity index (χ1v) is 9.44. The van der Waals surface area contributed by atoms with Gasteiger partial charge in [-0.05, 0) is 37.5 Å². The van der Waals surface area contributed by atoms with Gasteiger partial charge >= 0.3 is 0 Å². The van der Waals surface area contributed by atoms with Crippen molar-refractivity contribution in [3.63, 3.8) is 0 Å². The fourth-order valence-corrected chi connectivity index (χ4v) is 2.50. The Labute approximate surface area is 152 Å².